The zero-order chi connectivity index (χ0) is 12.6. The molecule has 0 aliphatic carbocycles. The van der Waals surface area contributed by atoms with Gasteiger partial charge in [-0.3, -0.25) is 14.9 Å². The van der Waals surface area contributed by atoms with Gasteiger partial charge in [0.05, 0.1) is 19.2 Å². The van der Waals surface area contributed by atoms with Crippen LogP contribution in [0.2, 0.25) is 0 Å². The fraction of sp³-hybridized carbons (Fsp3) is 0.636. The van der Waals surface area contributed by atoms with Crippen LogP contribution in [0.4, 0.5) is 0 Å². The van der Waals surface area contributed by atoms with E-state index in [4.69, 9.17) is 11.2 Å². The van der Waals surface area contributed by atoms with Crippen LogP contribution in [0, 0.1) is 12.3 Å². The van der Waals surface area contributed by atoms with E-state index in [2.05, 4.69) is 16.6 Å². The van der Waals surface area contributed by atoms with Gasteiger partial charge in [0, 0.05) is 0 Å². The molecule has 2 atom stereocenters. The molecule has 90 valence electrons. The fourth-order valence-electron chi connectivity index (χ4n) is 1.08. The maximum Gasteiger partial charge on any atom is 0.322 e. The molecule has 0 heterocycles. The first-order valence-electron chi connectivity index (χ1n) is 5.16. The fourth-order valence-corrected chi connectivity index (χ4v) is 1.08. The average molecular weight is 226 g/mol. The van der Waals surface area contributed by atoms with Crippen molar-refractivity contribution in [1.29, 1.82) is 0 Å². The highest BCUT2D eigenvalue weighted by molar-refractivity contribution is 5.83. The Kier molecular flexibility index (Phi) is 6.97. The van der Waals surface area contributed by atoms with Crippen molar-refractivity contribution in [2.45, 2.75) is 32.9 Å². The van der Waals surface area contributed by atoms with Gasteiger partial charge in [-0.15, -0.1) is 6.42 Å². The third-order valence-electron chi connectivity index (χ3n) is 1.90. The van der Waals surface area contributed by atoms with Crippen molar-refractivity contribution < 1.29 is 14.3 Å². The number of nitrogens with one attached hydrogen (secondary N) is 2. The average Bonchev–Trinajstić information content (AvgIpc) is 2.25. The molecule has 1 amide bonds. The van der Waals surface area contributed by atoms with E-state index in [0.717, 1.165) is 0 Å². The maximum absolute atomic E-state index is 11.4. The van der Waals surface area contributed by atoms with Crippen molar-refractivity contribution >= 4 is 11.9 Å². The third kappa shape index (κ3) is 5.37. The second-order valence-corrected chi connectivity index (χ2v) is 3.28. The van der Waals surface area contributed by atoms with E-state index in [-0.39, 0.29) is 18.4 Å². The number of rotatable bonds is 6. The molecule has 2 unspecified atom stereocenters. The van der Waals surface area contributed by atoms with Gasteiger partial charge in [0.25, 0.3) is 0 Å². The number of hydrogen-bond donors (Lipinski definition) is 2. The van der Waals surface area contributed by atoms with Gasteiger partial charge in [-0.05, 0) is 20.8 Å². The molecular weight excluding hydrogens is 208 g/mol. The normalized spacial score (nSPS) is 13.4. The number of amides is 1. The molecular formula is C11H18N2O3. The minimum atomic E-state index is -0.522. The summed E-state index contributed by atoms with van der Waals surface area (Å²) in [5.41, 5.74) is 0. The van der Waals surface area contributed by atoms with Crippen LogP contribution in [0.1, 0.15) is 20.8 Å². The summed E-state index contributed by atoms with van der Waals surface area (Å²) >= 11 is 0. The van der Waals surface area contributed by atoms with Crippen molar-refractivity contribution in [2.24, 2.45) is 0 Å². The topological polar surface area (TPSA) is 67.4 Å². The van der Waals surface area contributed by atoms with Gasteiger partial charge in [-0.25, -0.2) is 0 Å². The highest BCUT2D eigenvalue weighted by Crippen LogP contribution is 1.91. The largest absolute Gasteiger partial charge is 0.465 e. The molecule has 0 bridgehead atoms. The highest BCUT2D eigenvalue weighted by atomic mass is 16.5. The summed E-state index contributed by atoms with van der Waals surface area (Å²) in [6.45, 7) is 5.53. The second-order valence-electron chi connectivity index (χ2n) is 3.28. The number of terminal acetylenes is 1. The van der Waals surface area contributed by atoms with Crippen molar-refractivity contribution in [3.63, 3.8) is 0 Å². The Hall–Kier alpha value is -1.54. The van der Waals surface area contributed by atoms with Gasteiger partial charge in [-0.1, -0.05) is 5.92 Å². The predicted octanol–water partition coefficient (Wildman–Crippen LogP) is -0.334. The number of hydrogen-bond acceptors (Lipinski definition) is 4. The van der Waals surface area contributed by atoms with Crippen LogP contribution < -0.4 is 10.6 Å². The quantitative estimate of drug-likeness (QED) is 0.480. The van der Waals surface area contributed by atoms with Crippen LogP contribution in [-0.2, 0) is 14.3 Å². The van der Waals surface area contributed by atoms with Crippen molar-refractivity contribution in [3.05, 3.63) is 0 Å². The first kappa shape index (κ1) is 14.5. The second kappa shape index (κ2) is 7.71. The first-order chi connectivity index (χ1) is 7.52. The van der Waals surface area contributed by atoms with Gasteiger partial charge >= 0.3 is 5.97 Å². The highest BCUT2D eigenvalue weighted by Gasteiger charge is 2.19. The molecule has 0 fully saturated rings. The zero-order valence-corrected chi connectivity index (χ0v) is 9.87. The lowest BCUT2D eigenvalue weighted by atomic mass is 10.2. The van der Waals surface area contributed by atoms with E-state index in [0.29, 0.717) is 6.61 Å². The summed E-state index contributed by atoms with van der Waals surface area (Å²) in [6, 6.07) is -1.01. The molecule has 5 heteroatoms. The smallest absolute Gasteiger partial charge is 0.322 e. The Morgan fingerprint density at radius 1 is 1.38 bits per heavy atom. The standard InChI is InChI=1S/C11H18N2O3/c1-5-7-12-10(14)8(3)13-9(4)11(15)16-6-2/h1,8-9,13H,6-7H2,2-4H3,(H,12,14). The Morgan fingerprint density at radius 3 is 2.50 bits per heavy atom. The van der Waals surface area contributed by atoms with Gasteiger partial charge in [0.1, 0.15) is 6.04 Å². The van der Waals surface area contributed by atoms with E-state index < -0.39 is 12.1 Å². The molecule has 5 nitrogen and oxygen atoms in total. The number of carbonyl (C=O) groups excluding carboxylic acids is 2. The summed E-state index contributed by atoms with van der Waals surface area (Å²) in [5.74, 6) is 1.68. The minimum Gasteiger partial charge on any atom is -0.465 e. The zero-order valence-electron chi connectivity index (χ0n) is 9.87. The predicted molar refractivity (Wildman–Crippen MR) is 60.5 cm³/mol. The lowest BCUT2D eigenvalue weighted by Gasteiger charge is -2.17. The van der Waals surface area contributed by atoms with Crippen LogP contribution >= 0.6 is 0 Å². The van der Waals surface area contributed by atoms with Gasteiger partial charge in [0.15, 0.2) is 0 Å². The molecule has 0 aromatic rings. The Morgan fingerprint density at radius 2 is 2.00 bits per heavy atom. The number of ether oxygens (including phenoxy) is 1. The number of carbonyl (C=O) groups is 2. The summed E-state index contributed by atoms with van der Waals surface area (Å²) in [5, 5.41) is 5.34. The van der Waals surface area contributed by atoms with Crippen molar-refractivity contribution in [3.8, 4) is 12.3 Å². The van der Waals surface area contributed by atoms with Crippen LogP contribution in [0.25, 0.3) is 0 Å². The lowest BCUT2D eigenvalue weighted by molar-refractivity contribution is -0.145. The van der Waals surface area contributed by atoms with E-state index >= 15 is 0 Å². The minimum absolute atomic E-state index is 0.179. The summed E-state index contributed by atoms with van der Waals surface area (Å²) in [6.07, 6.45) is 5.01. The molecule has 2 N–H and O–H groups in total. The van der Waals surface area contributed by atoms with E-state index in [1.54, 1.807) is 20.8 Å². The van der Waals surface area contributed by atoms with Crippen LogP contribution in [0.15, 0.2) is 0 Å². The maximum atomic E-state index is 11.4. The molecule has 16 heavy (non-hydrogen) atoms. The molecule has 0 aliphatic heterocycles. The molecule has 0 radical (unpaired) electrons. The number of esters is 1. The Labute approximate surface area is 95.9 Å². The van der Waals surface area contributed by atoms with E-state index in [1.165, 1.54) is 0 Å². The van der Waals surface area contributed by atoms with Crippen LogP contribution in [0.5, 0.6) is 0 Å². The summed E-state index contributed by atoms with van der Waals surface area (Å²) in [4.78, 5) is 22.7. The SMILES string of the molecule is C#CCNC(=O)C(C)NC(C)C(=O)OCC. The summed E-state index contributed by atoms with van der Waals surface area (Å²) < 4.78 is 4.80. The van der Waals surface area contributed by atoms with Crippen LogP contribution in [-0.4, -0.2) is 37.1 Å². The van der Waals surface area contributed by atoms with E-state index in [9.17, 15) is 9.59 Å². The monoisotopic (exact) mass is 226 g/mol. The molecule has 0 aliphatic rings. The van der Waals surface area contributed by atoms with Crippen LogP contribution in [0.3, 0.4) is 0 Å². The Bertz CT molecular complexity index is 283. The van der Waals surface area contributed by atoms with E-state index in [1.807, 2.05) is 0 Å². The lowest BCUT2D eigenvalue weighted by Crippen LogP contribution is -2.48. The van der Waals surface area contributed by atoms with Gasteiger partial charge in [-0.2, -0.15) is 0 Å². The molecule has 0 aromatic heterocycles. The molecule has 0 rings (SSSR count). The molecule has 0 spiro atoms. The molecule has 0 saturated heterocycles. The Balaban J connectivity index is 4.03. The summed E-state index contributed by atoms with van der Waals surface area (Å²) in [7, 11) is 0. The van der Waals surface area contributed by atoms with Gasteiger partial charge < -0.3 is 10.1 Å². The van der Waals surface area contributed by atoms with Gasteiger partial charge in [0.2, 0.25) is 5.91 Å². The molecule has 0 aromatic carbocycles. The first-order valence-corrected chi connectivity index (χ1v) is 5.16. The van der Waals surface area contributed by atoms with Crippen molar-refractivity contribution in [2.75, 3.05) is 13.2 Å². The third-order valence-corrected chi connectivity index (χ3v) is 1.90. The molecule has 0 saturated carbocycles. The van der Waals surface area contributed by atoms with Crippen molar-refractivity contribution in [1.82, 2.24) is 10.6 Å².